The quantitative estimate of drug-likeness (QED) is 0.282. The van der Waals surface area contributed by atoms with Gasteiger partial charge in [-0.25, -0.2) is 4.57 Å². The average molecular weight is 346 g/mol. The summed E-state index contributed by atoms with van der Waals surface area (Å²) in [5.41, 5.74) is 0. The van der Waals surface area contributed by atoms with Crippen LogP contribution in [0, 0.1) is 0 Å². The molecule has 0 heterocycles. The van der Waals surface area contributed by atoms with E-state index in [2.05, 4.69) is 4.52 Å². The van der Waals surface area contributed by atoms with Gasteiger partial charge in [-0.3, -0.25) is 4.52 Å². The number of rotatable bonds is 17. The monoisotopic (exact) mass is 346 g/mol. The Hall–Kier alpha value is -0.0900. The molecule has 0 aliphatic rings. The zero-order valence-electron chi connectivity index (χ0n) is 13.0. The Morgan fingerprint density at radius 2 is 0.955 bits per heavy atom. The van der Waals surface area contributed by atoms with Crippen LogP contribution in [0.1, 0.15) is 6.92 Å². The molecule has 0 rings (SSSR count). The number of hydrogen-bond acceptors (Lipinski definition) is 7. The van der Waals surface area contributed by atoms with Gasteiger partial charge in [0.05, 0.1) is 66.1 Å². The maximum atomic E-state index is 10.3. The van der Waals surface area contributed by atoms with Gasteiger partial charge in [-0.1, -0.05) is 0 Å². The minimum absolute atomic E-state index is 0.101. The average Bonchev–Trinajstić information content (AvgIpc) is 2.45. The molecular formula is C12H27O9P. The topological polar surface area (TPSA) is 113 Å². The fraction of sp³-hybridized carbons (Fsp3) is 1.00. The molecule has 2 N–H and O–H groups in total. The van der Waals surface area contributed by atoms with E-state index in [1.165, 1.54) is 0 Å². The molecule has 0 aliphatic heterocycles. The summed E-state index contributed by atoms with van der Waals surface area (Å²) in [6, 6.07) is 0. The van der Waals surface area contributed by atoms with E-state index >= 15 is 0 Å². The van der Waals surface area contributed by atoms with Gasteiger partial charge in [0.25, 0.3) is 0 Å². The van der Waals surface area contributed by atoms with Crippen molar-refractivity contribution in [2.45, 2.75) is 6.92 Å². The smallest absolute Gasteiger partial charge is 0.379 e. The van der Waals surface area contributed by atoms with Gasteiger partial charge < -0.3 is 33.5 Å². The zero-order valence-corrected chi connectivity index (χ0v) is 13.9. The van der Waals surface area contributed by atoms with Crippen molar-refractivity contribution in [2.24, 2.45) is 0 Å². The molecule has 0 spiro atoms. The molecule has 0 amide bonds. The third kappa shape index (κ3) is 19.9. The second kappa shape index (κ2) is 15.8. The van der Waals surface area contributed by atoms with Gasteiger partial charge in [0.2, 0.25) is 0 Å². The van der Waals surface area contributed by atoms with Gasteiger partial charge in [0.15, 0.2) is 0 Å². The lowest BCUT2D eigenvalue weighted by molar-refractivity contribution is -0.0125. The van der Waals surface area contributed by atoms with Crippen LogP contribution in [0.3, 0.4) is 0 Å². The maximum absolute atomic E-state index is 10.3. The molecule has 0 saturated heterocycles. The standard InChI is InChI=1S/C12H27O9P/c1-2-16-3-4-17-5-6-18-7-8-19-9-10-20-11-12-21-22(13,14)15/h2-12H2,1H3,(H2,13,14,15). The summed E-state index contributed by atoms with van der Waals surface area (Å²) in [7, 11) is -4.40. The van der Waals surface area contributed by atoms with Crippen LogP contribution in [0.15, 0.2) is 0 Å². The van der Waals surface area contributed by atoms with E-state index in [-0.39, 0.29) is 13.2 Å². The highest BCUT2D eigenvalue weighted by atomic mass is 31.2. The molecule has 0 bridgehead atoms. The second-order valence-electron chi connectivity index (χ2n) is 3.97. The third-order valence-electron chi connectivity index (χ3n) is 2.18. The van der Waals surface area contributed by atoms with Crippen LogP contribution in [0.4, 0.5) is 0 Å². The predicted octanol–water partition coefficient (Wildman–Crippen LogP) is 0.199. The SMILES string of the molecule is CCOCCOCCOCCOCCOCCOP(=O)(O)O. The summed E-state index contributed by atoms with van der Waals surface area (Å²) in [5.74, 6) is 0. The van der Waals surface area contributed by atoms with Crippen LogP contribution < -0.4 is 0 Å². The van der Waals surface area contributed by atoms with Crippen LogP contribution >= 0.6 is 7.82 Å². The molecule has 0 unspecified atom stereocenters. The number of hydrogen-bond donors (Lipinski definition) is 2. The fourth-order valence-electron chi connectivity index (χ4n) is 1.24. The Balaban J connectivity index is 3.01. The Morgan fingerprint density at radius 3 is 1.27 bits per heavy atom. The number of phosphoric ester groups is 1. The van der Waals surface area contributed by atoms with Crippen LogP contribution in [0.5, 0.6) is 0 Å². The lowest BCUT2D eigenvalue weighted by atomic mass is 10.7. The molecule has 134 valence electrons. The molecule has 22 heavy (non-hydrogen) atoms. The molecule has 9 nitrogen and oxygen atoms in total. The number of phosphoric acid groups is 1. The van der Waals surface area contributed by atoms with Crippen LogP contribution in [0.2, 0.25) is 0 Å². The van der Waals surface area contributed by atoms with E-state index in [1.54, 1.807) is 0 Å². The molecule has 0 fully saturated rings. The van der Waals surface area contributed by atoms with E-state index in [0.29, 0.717) is 59.5 Å². The van der Waals surface area contributed by atoms with Gasteiger partial charge >= 0.3 is 7.82 Å². The summed E-state index contributed by atoms with van der Waals surface area (Å²) in [6.07, 6.45) is 0. The lowest BCUT2D eigenvalue weighted by Crippen LogP contribution is -2.13. The Kier molecular flexibility index (Phi) is 15.7. The van der Waals surface area contributed by atoms with Crippen molar-refractivity contribution in [1.82, 2.24) is 0 Å². The molecule has 0 aromatic heterocycles. The minimum Gasteiger partial charge on any atom is -0.379 e. The summed E-state index contributed by atoms with van der Waals surface area (Å²) in [5, 5.41) is 0. The number of ether oxygens (including phenoxy) is 5. The first-order valence-corrected chi connectivity index (χ1v) is 8.68. The van der Waals surface area contributed by atoms with Gasteiger partial charge in [0.1, 0.15) is 0 Å². The first kappa shape index (κ1) is 21.9. The van der Waals surface area contributed by atoms with Crippen molar-refractivity contribution in [3.05, 3.63) is 0 Å². The van der Waals surface area contributed by atoms with E-state index in [9.17, 15) is 4.57 Å². The first-order chi connectivity index (χ1) is 10.6. The van der Waals surface area contributed by atoms with Crippen molar-refractivity contribution >= 4 is 7.82 Å². The van der Waals surface area contributed by atoms with E-state index in [1.807, 2.05) is 6.92 Å². The first-order valence-electron chi connectivity index (χ1n) is 7.15. The molecule has 0 atom stereocenters. The molecule has 0 saturated carbocycles. The molecule has 0 aromatic carbocycles. The largest absolute Gasteiger partial charge is 0.469 e. The van der Waals surface area contributed by atoms with Crippen LogP contribution in [0.25, 0.3) is 0 Å². The Labute approximate surface area is 131 Å². The van der Waals surface area contributed by atoms with Crippen LogP contribution in [-0.2, 0) is 32.8 Å². The molecule has 0 aromatic rings. The molecule has 10 heteroatoms. The molecular weight excluding hydrogens is 319 g/mol. The van der Waals surface area contributed by atoms with Gasteiger partial charge in [-0.15, -0.1) is 0 Å². The zero-order chi connectivity index (χ0) is 16.5. The van der Waals surface area contributed by atoms with Crippen molar-refractivity contribution < 1.29 is 42.6 Å². The van der Waals surface area contributed by atoms with Gasteiger partial charge in [0, 0.05) is 6.61 Å². The second-order valence-corrected chi connectivity index (χ2v) is 5.21. The Morgan fingerprint density at radius 1 is 0.636 bits per heavy atom. The highest BCUT2D eigenvalue weighted by Gasteiger charge is 2.12. The van der Waals surface area contributed by atoms with Crippen molar-refractivity contribution in [1.29, 1.82) is 0 Å². The summed E-state index contributed by atoms with van der Waals surface area (Å²) < 4.78 is 40.5. The maximum Gasteiger partial charge on any atom is 0.469 e. The Bertz CT molecular complexity index is 271. The highest BCUT2D eigenvalue weighted by molar-refractivity contribution is 7.46. The molecule has 0 radical (unpaired) electrons. The van der Waals surface area contributed by atoms with Crippen molar-refractivity contribution in [3.8, 4) is 0 Å². The summed E-state index contributed by atoms with van der Waals surface area (Å²) in [4.78, 5) is 16.8. The summed E-state index contributed by atoms with van der Waals surface area (Å²) >= 11 is 0. The summed E-state index contributed by atoms with van der Waals surface area (Å²) in [6.45, 7) is 6.38. The van der Waals surface area contributed by atoms with E-state index in [0.717, 1.165) is 0 Å². The predicted molar refractivity (Wildman–Crippen MR) is 77.8 cm³/mol. The highest BCUT2D eigenvalue weighted by Crippen LogP contribution is 2.35. The van der Waals surface area contributed by atoms with Gasteiger partial charge in [-0.2, -0.15) is 0 Å². The van der Waals surface area contributed by atoms with E-state index in [4.69, 9.17) is 33.5 Å². The van der Waals surface area contributed by atoms with Crippen LogP contribution in [-0.4, -0.2) is 82.5 Å². The normalized spacial score (nSPS) is 12.0. The van der Waals surface area contributed by atoms with Gasteiger partial charge in [-0.05, 0) is 6.92 Å². The van der Waals surface area contributed by atoms with Crippen molar-refractivity contribution in [3.63, 3.8) is 0 Å². The fourth-order valence-corrected chi connectivity index (χ4v) is 1.55. The van der Waals surface area contributed by atoms with E-state index < -0.39 is 7.82 Å². The molecule has 0 aliphatic carbocycles. The third-order valence-corrected chi connectivity index (χ3v) is 2.70. The lowest BCUT2D eigenvalue weighted by Gasteiger charge is -2.08. The minimum atomic E-state index is -4.40. The van der Waals surface area contributed by atoms with Crippen molar-refractivity contribution in [2.75, 3.05) is 72.7 Å².